The number of nitrogens with zero attached hydrogens (tertiary/aromatic N) is 3. The van der Waals surface area contributed by atoms with E-state index in [1.165, 1.54) is 6.07 Å². The van der Waals surface area contributed by atoms with E-state index in [-0.39, 0.29) is 11.7 Å². The van der Waals surface area contributed by atoms with Gasteiger partial charge in [0.25, 0.3) is 5.91 Å². The molecule has 0 radical (unpaired) electrons. The molecule has 122 valence electrons. The second kappa shape index (κ2) is 7.04. The summed E-state index contributed by atoms with van der Waals surface area (Å²) in [6.07, 6.45) is 6.82. The summed E-state index contributed by atoms with van der Waals surface area (Å²) in [5.74, 6) is 0.440. The second-order valence-corrected chi connectivity index (χ2v) is 6.39. The van der Waals surface area contributed by atoms with Crippen LogP contribution in [-0.2, 0) is 6.54 Å². The first-order valence-corrected chi connectivity index (χ1v) is 8.26. The smallest absolute Gasteiger partial charge is 0.257 e. The van der Waals surface area contributed by atoms with Crippen LogP contribution >= 0.6 is 11.6 Å². The van der Waals surface area contributed by atoms with E-state index in [1.54, 1.807) is 18.3 Å². The van der Waals surface area contributed by atoms with Crippen molar-refractivity contribution in [2.24, 2.45) is 5.92 Å². The molecule has 5 nitrogen and oxygen atoms in total. The highest BCUT2D eigenvalue weighted by Crippen LogP contribution is 2.26. The molecule has 1 aliphatic heterocycles. The predicted octanol–water partition coefficient (Wildman–Crippen LogP) is 3.18. The fourth-order valence-corrected chi connectivity index (χ4v) is 3.19. The van der Waals surface area contributed by atoms with E-state index in [1.807, 2.05) is 21.8 Å². The zero-order valence-electron chi connectivity index (χ0n) is 12.9. The maximum atomic E-state index is 12.5. The molecule has 0 spiro atoms. The van der Waals surface area contributed by atoms with Crippen molar-refractivity contribution in [3.05, 3.63) is 47.2 Å². The molecule has 0 saturated carbocycles. The van der Waals surface area contributed by atoms with Gasteiger partial charge in [-0.2, -0.15) is 5.10 Å². The quantitative estimate of drug-likeness (QED) is 0.934. The number of amides is 1. The largest absolute Gasteiger partial charge is 0.507 e. The van der Waals surface area contributed by atoms with Crippen molar-refractivity contribution >= 4 is 17.5 Å². The van der Waals surface area contributed by atoms with Crippen molar-refractivity contribution in [2.75, 3.05) is 13.1 Å². The van der Waals surface area contributed by atoms with E-state index in [9.17, 15) is 9.90 Å². The number of aromatic hydroxyl groups is 1. The number of carbonyl (C=O) groups excluding carboxylic acids is 1. The zero-order valence-corrected chi connectivity index (χ0v) is 13.6. The Bertz CT molecular complexity index is 664. The van der Waals surface area contributed by atoms with Crippen LogP contribution in [0.5, 0.6) is 5.75 Å². The maximum Gasteiger partial charge on any atom is 0.257 e. The maximum absolute atomic E-state index is 12.5. The third-order valence-corrected chi connectivity index (χ3v) is 4.65. The topological polar surface area (TPSA) is 58.4 Å². The first kappa shape index (κ1) is 15.9. The molecular formula is C17H20ClN3O2. The summed E-state index contributed by atoms with van der Waals surface area (Å²) in [6.45, 7) is 2.37. The number of carbonyl (C=O) groups is 1. The Kier molecular flexibility index (Phi) is 4.86. The number of benzene rings is 1. The summed E-state index contributed by atoms with van der Waals surface area (Å²) in [5, 5.41) is 14.5. The predicted molar refractivity (Wildman–Crippen MR) is 88.6 cm³/mol. The molecule has 0 atom stereocenters. The fraction of sp³-hybridized carbons (Fsp3) is 0.412. The van der Waals surface area contributed by atoms with Crippen LogP contribution in [0.4, 0.5) is 0 Å². The van der Waals surface area contributed by atoms with Gasteiger partial charge in [-0.1, -0.05) is 11.6 Å². The summed E-state index contributed by atoms with van der Waals surface area (Å²) >= 11 is 5.81. The summed E-state index contributed by atoms with van der Waals surface area (Å²) in [6, 6.07) is 6.56. The van der Waals surface area contributed by atoms with Crippen LogP contribution in [0.15, 0.2) is 36.7 Å². The molecule has 6 heteroatoms. The molecule has 1 N–H and O–H groups in total. The molecule has 1 aliphatic rings. The SMILES string of the molecule is O=C(c1ccc(Cl)cc1O)N1CCC(CCn2cccn2)CC1. The van der Waals surface area contributed by atoms with Crippen LogP contribution in [0, 0.1) is 5.92 Å². The Labute approximate surface area is 140 Å². The highest BCUT2D eigenvalue weighted by molar-refractivity contribution is 6.30. The van der Waals surface area contributed by atoms with Crippen molar-refractivity contribution in [1.29, 1.82) is 0 Å². The summed E-state index contributed by atoms with van der Waals surface area (Å²) in [5.41, 5.74) is 0.324. The van der Waals surface area contributed by atoms with Crippen LogP contribution in [0.2, 0.25) is 5.02 Å². The highest BCUT2D eigenvalue weighted by Gasteiger charge is 2.25. The van der Waals surface area contributed by atoms with Gasteiger partial charge in [0, 0.05) is 37.1 Å². The summed E-state index contributed by atoms with van der Waals surface area (Å²) < 4.78 is 1.95. The van der Waals surface area contributed by atoms with E-state index in [2.05, 4.69) is 5.10 Å². The molecular weight excluding hydrogens is 314 g/mol. The van der Waals surface area contributed by atoms with Crippen LogP contribution in [0.3, 0.4) is 0 Å². The number of likely N-dealkylation sites (tertiary alicyclic amines) is 1. The third kappa shape index (κ3) is 3.85. The summed E-state index contributed by atoms with van der Waals surface area (Å²) in [7, 11) is 0. The van der Waals surface area contributed by atoms with E-state index in [0.29, 0.717) is 16.5 Å². The second-order valence-electron chi connectivity index (χ2n) is 5.95. The van der Waals surface area contributed by atoms with Gasteiger partial charge >= 0.3 is 0 Å². The van der Waals surface area contributed by atoms with Gasteiger partial charge < -0.3 is 10.0 Å². The lowest BCUT2D eigenvalue weighted by atomic mass is 9.93. The minimum Gasteiger partial charge on any atom is -0.507 e. The monoisotopic (exact) mass is 333 g/mol. The third-order valence-electron chi connectivity index (χ3n) is 4.42. The van der Waals surface area contributed by atoms with Crippen LogP contribution < -0.4 is 0 Å². The Hall–Kier alpha value is -2.01. The van der Waals surface area contributed by atoms with Crippen molar-refractivity contribution in [2.45, 2.75) is 25.8 Å². The molecule has 2 aromatic rings. The number of aromatic nitrogens is 2. The average Bonchev–Trinajstić information content (AvgIpc) is 3.06. The Balaban J connectivity index is 1.53. The number of hydrogen-bond donors (Lipinski definition) is 1. The van der Waals surface area contributed by atoms with Gasteiger partial charge in [0.05, 0.1) is 5.56 Å². The average molecular weight is 334 g/mol. The lowest BCUT2D eigenvalue weighted by molar-refractivity contribution is 0.0681. The van der Waals surface area contributed by atoms with E-state index in [0.717, 1.165) is 38.9 Å². The van der Waals surface area contributed by atoms with Crippen molar-refractivity contribution in [3.8, 4) is 5.75 Å². The molecule has 0 aliphatic carbocycles. The van der Waals surface area contributed by atoms with Crippen LogP contribution in [-0.4, -0.2) is 38.8 Å². The Morgan fingerprint density at radius 2 is 2.13 bits per heavy atom. The minimum absolute atomic E-state index is 0.0525. The number of hydrogen-bond acceptors (Lipinski definition) is 3. The minimum atomic E-state index is -0.121. The van der Waals surface area contributed by atoms with Crippen LogP contribution in [0.25, 0.3) is 0 Å². The van der Waals surface area contributed by atoms with Crippen molar-refractivity contribution in [3.63, 3.8) is 0 Å². The highest BCUT2D eigenvalue weighted by atomic mass is 35.5. The van der Waals surface area contributed by atoms with Gasteiger partial charge in [-0.25, -0.2) is 0 Å². The van der Waals surface area contributed by atoms with Gasteiger partial charge in [0.15, 0.2) is 0 Å². The standard InChI is InChI=1S/C17H20ClN3O2/c18-14-2-3-15(16(22)12-14)17(23)20-9-4-13(5-10-20)6-11-21-8-1-7-19-21/h1-3,7-8,12-13,22H,4-6,9-11H2. The van der Waals surface area contributed by atoms with Gasteiger partial charge in [-0.05, 0) is 49.4 Å². The summed E-state index contributed by atoms with van der Waals surface area (Å²) in [4.78, 5) is 14.3. The number of phenolic OH excluding ortho intramolecular Hbond substituents is 1. The molecule has 1 saturated heterocycles. The van der Waals surface area contributed by atoms with Crippen molar-refractivity contribution < 1.29 is 9.90 Å². The molecule has 1 aromatic heterocycles. The van der Waals surface area contributed by atoms with Crippen LogP contribution in [0.1, 0.15) is 29.6 Å². The first-order valence-electron chi connectivity index (χ1n) is 7.88. The van der Waals surface area contributed by atoms with Crippen molar-refractivity contribution in [1.82, 2.24) is 14.7 Å². The molecule has 1 fully saturated rings. The lowest BCUT2D eigenvalue weighted by Crippen LogP contribution is -2.38. The van der Waals surface area contributed by atoms with Gasteiger partial charge in [-0.15, -0.1) is 0 Å². The lowest BCUT2D eigenvalue weighted by Gasteiger charge is -2.32. The number of rotatable bonds is 4. The molecule has 0 unspecified atom stereocenters. The van der Waals surface area contributed by atoms with E-state index in [4.69, 9.17) is 11.6 Å². The molecule has 3 rings (SSSR count). The number of piperidine rings is 1. The molecule has 23 heavy (non-hydrogen) atoms. The number of phenols is 1. The van der Waals surface area contributed by atoms with E-state index >= 15 is 0 Å². The molecule has 2 heterocycles. The first-order chi connectivity index (χ1) is 11.1. The zero-order chi connectivity index (χ0) is 16.2. The van der Waals surface area contributed by atoms with E-state index < -0.39 is 0 Å². The number of aryl methyl sites for hydroxylation is 1. The fourth-order valence-electron chi connectivity index (χ4n) is 3.03. The van der Waals surface area contributed by atoms with Gasteiger partial charge in [0.2, 0.25) is 0 Å². The number of halogens is 1. The normalized spacial score (nSPS) is 15.8. The molecule has 1 aromatic carbocycles. The Morgan fingerprint density at radius 1 is 1.35 bits per heavy atom. The Morgan fingerprint density at radius 3 is 2.78 bits per heavy atom. The molecule has 0 bridgehead atoms. The van der Waals surface area contributed by atoms with Gasteiger partial charge in [-0.3, -0.25) is 9.48 Å². The molecule has 1 amide bonds. The van der Waals surface area contributed by atoms with Gasteiger partial charge in [0.1, 0.15) is 5.75 Å².